The van der Waals surface area contributed by atoms with Gasteiger partial charge in [-0.25, -0.2) is 0 Å². The second-order valence-electron chi connectivity index (χ2n) is 11.6. The number of aliphatic hydroxyl groups is 1. The molecule has 0 spiro atoms. The normalized spacial score (nSPS) is 34.9. The van der Waals surface area contributed by atoms with Crippen molar-refractivity contribution in [2.24, 2.45) is 28.1 Å². The van der Waals surface area contributed by atoms with Gasteiger partial charge in [0.2, 0.25) is 0 Å². The predicted octanol–water partition coefficient (Wildman–Crippen LogP) is 5.74. The summed E-state index contributed by atoms with van der Waals surface area (Å²) < 4.78 is 6.39. The van der Waals surface area contributed by atoms with E-state index in [9.17, 15) is 9.90 Å². The number of rotatable bonds is 5. The molecule has 5 unspecified atom stereocenters. The molecule has 0 amide bonds. The van der Waals surface area contributed by atoms with Gasteiger partial charge in [-0.2, -0.15) is 0 Å². The SMILES string of the molecule is CCC(C)(C)C(C)(CC(C)(C)C)C(=O)OC12CC(C)CC(CC(O)C1)C2. The Morgan fingerprint density at radius 1 is 1.08 bits per heavy atom. The second kappa shape index (κ2) is 7.11. The molecule has 3 nitrogen and oxygen atoms in total. The van der Waals surface area contributed by atoms with Gasteiger partial charge in [-0.3, -0.25) is 4.79 Å². The van der Waals surface area contributed by atoms with Crippen molar-refractivity contribution in [3.8, 4) is 0 Å². The number of ether oxygens (including phenoxy) is 1. The van der Waals surface area contributed by atoms with Crippen LogP contribution in [0, 0.1) is 28.1 Å². The summed E-state index contributed by atoms with van der Waals surface area (Å²) in [5.41, 5.74) is -1.08. The van der Waals surface area contributed by atoms with Crippen molar-refractivity contribution < 1.29 is 14.6 Å². The van der Waals surface area contributed by atoms with Crippen molar-refractivity contribution in [1.82, 2.24) is 0 Å². The maximum absolute atomic E-state index is 13.6. The largest absolute Gasteiger partial charge is 0.459 e. The van der Waals surface area contributed by atoms with Gasteiger partial charge in [-0.1, -0.05) is 48.5 Å². The average Bonchev–Trinajstić information content (AvgIpc) is 2.42. The number of hydrogen-bond acceptors (Lipinski definition) is 3. The number of aliphatic hydroxyl groups excluding tert-OH is 1. The third-order valence-corrected chi connectivity index (χ3v) is 7.35. The summed E-state index contributed by atoms with van der Waals surface area (Å²) >= 11 is 0. The Morgan fingerprint density at radius 2 is 1.69 bits per heavy atom. The molecule has 2 fully saturated rings. The molecule has 0 aromatic heterocycles. The zero-order chi connectivity index (χ0) is 20.0. The summed E-state index contributed by atoms with van der Waals surface area (Å²) in [7, 11) is 0. The van der Waals surface area contributed by atoms with Crippen LogP contribution in [-0.2, 0) is 9.53 Å². The Labute approximate surface area is 161 Å². The van der Waals surface area contributed by atoms with E-state index in [2.05, 4.69) is 55.4 Å². The molecule has 0 saturated heterocycles. The molecule has 0 radical (unpaired) electrons. The standard InChI is InChI=1S/C23H42O3/c1-9-21(6,7)22(8,15-20(3,4)5)19(25)26-23-12-16(2)10-17(13-23)11-18(24)14-23/h16-18,24H,9-15H2,1-8H3. The molecule has 5 atom stereocenters. The lowest BCUT2D eigenvalue weighted by Gasteiger charge is -2.51. The fourth-order valence-corrected chi connectivity index (χ4v) is 5.70. The lowest BCUT2D eigenvalue weighted by atomic mass is 9.59. The first kappa shape index (κ1) is 21.7. The maximum atomic E-state index is 13.6. The fourth-order valence-electron chi connectivity index (χ4n) is 5.70. The minimum Gasteiger partial charge on any atom is -0.459 e. The molecule has 0 heterocycles. The zero-order valence-corrected chi connectivity index (χ0v) is 18.4. The predicted molar refractivity (Wildman–Crippen MR) is 107 cm³/mol. The highest BCUT2D eigenvalue weighted by Gasteiger charge is 2.54. The van der Waals surface area contributed by atoms with Gasteiger partial charge in [-0.05, 0) is 68.1 Å². The van der Waals surface area contributed by atoms with Crippen molar-refractivity contribution >= 4 is 5.97 Å². The molecule has 0 aliphatic heterocycles. The van der Waals surface area contributed by atoms with E-state index in [-0.39, 0.29) is 22.9 Å². The minimum absolute atomic E-state index is 0.0480. The molecule has 3 heteroatoms. The number of fused-ring (bicyclic) bond motifs is 2. The maximum Gasteiger partial charge on any atom is 0.312 e. The van der Waals surface area contributed by atoms with Crippen molar-refractivity contribution in [3.63, 3.8) is 0 Å². The Balaban J connectivity index is 2.31. The summed E-state index contributed by atoms with van der Waals surface area (Å²) in [5, 5.41) is 10.4. The quantitative estimate of drug-likeness (QED) is 0.631. The molecule has 2 aliphatic rings. The Hall–Kier alpha value is -0.570. The van der Waals surface area contributed by atoms with Crippen LogP contribution in [0.15, 0.2) is 0 Å². The average molecular weight is 367 g/mol. The van der Waals surface area contributed by atoms with Crippen LogP contribution < -0.4 is 0 Å². The van der Waals surface area contributed by atoms with E-state index in [0.717, 1.165) is 38.5 Å². The molecule has 2 bridgehead atoms. The zero-order valence-electron chi connectivity index (χ0n) is 18.4. The molecule has 26 heavy (non-hydrogen) atoms. The second-order valence-corrected chi connectivity index (χ2v) is 11.6. The summed E-state index contributed by atoms with van der Waals surface area (Å²) in [5.74, 6) is 0.992. The lowest BCUT2D eigenvalue weighted by Crippen LogP contribution is -2.54. The van der Waals surface area contributed by atoms with Gasteiger partial charge in [0, 0.05) is 6.42 Å². The van der Waals surface area contributed by atoms with Crippen molar-refractivity contribution in [2.75, 3.05) is 0 Å². The van der Waals surface area contributed by atoms with Crippen LogP contribution in [0.5, 0.6) is 0 Å². The van der Waals surface area contributed by atoms with Gasteiger partial charge in [0.05, 0.1) is 11.5 Å². The van der Waals surface area contributed by atoms with Gasteiger partial charge in [0.1, 0.15) is 5.60 Å². The van der Waals surface area contributed by atoms with Gasteiger partial charge < -0.3 is 9.84 Å². The molecule has 0 aromatic carbocycles. The van der Waals surface area contributed by atoms with E-state index in [4.69, 9.17) is 4.74 Å². The van der Waals surface area contributed by atoms with Crippen LogP contribution in [0.25, 0.3) is 0 Å². The molecular weight excluding hydrogens is 324 g/mol. The molecule has 2 rings (SSSR count). The van der Waals surface area contributed by atoms with E-state index in [1.165, 1.54) is 0 Å². The van der Waals surface area contributed by atoms with Crippen LogP contribution in [0.2, 0.25) is 0 Å². The first-order valence-electron chi connectivity index (χ1n) is 10.6. The summed E-state index contributed by atoms with van der Waals surface area (Å²) in [6.45, 7) is 17.5. The topological polar surface area (TPSA) is 46.5 Å². The molecule has 2 aliphatic carbocycles. The molecule has 1 N–H and O–H groups in total. The van der Waals surface area contributed by atoms with Gasteiger partial charge in [0.25, 0.3) is 0 Å². The Morgan fingerprint density at radius 3 is 2.23 bits per heavy atom. The lowest BCUT2D eigenvalue weighted by molar-refractivity contribution is -0.199. The smallest absolute Gasteiger partial charge is 0.312 e. The third-order valence-electron chi connectivity index (χ3n) is 7.35. The highest BCUT2D eigenvalue weighted by Crippen LogP contribution is 2.53. The number of esters is 1. The Kier molecular flexibility index (Phi) is 5.94. The highest BCUT2D eigenvalue weighted by atomic mass is 16.6. The third kappa shape index (κ3) is 4.46. The molecule has 152 valence electrons. The van der Waals surface area contributed by atoms with Gasteiger partial charge in [-0.15, -0.1) is 0 Å². The van der Waals surface area contributed by atoms with Crippen LogP contribution in [0.4, 0.5) is 0 Å². The number of hydrogen-bond donors (Lipinski definition) is 1. The van der Waals surface area contributed by atoms with E-state index >= 15 is 0 Å². The van der Waals surface area contributed by atoms with Crippen molar-refractivity contribution in [2.45, 2.75) is 112 Å². The number of carbonyl (C=O) groups excluding carboxylic acids is 1. The fraction of sp³-hybridized carbons (Fsp3) is 0.957. The van der Waals surface area contributed by atoms with Gasteiger partial charge >= 0.3 is 5.97 Å². The first-order valence-corrected chi connectivity index (χ1v) is 10.6. The first-order chi connectivity index (χ1) is 11.7. The van der Waals surface area contributed by atoms with E-state index in [0.29, 0.717) is 18.3 Å². The Bertz CT molecular complexity index is 497. The summed E-state index contributed by atoms with van der Waals surface area (Å²) in [6, 6.07) is 0. The van der Waals surface area contributed by atoms with Crippen LogP contribution in [0.3, 0.4) is 0 Å². The monoisotopic (exact) mass is 366 g/mol. The molecule has 2 saturated carbocycles. The summed E-state index contributed by atoms with van der Waals surface area (Å²) in [4.78, 5) is 13.6. The molecule has 0 aromatic rings. The van der Waals surface area contributed by atoms with Crippen LogP contribution in [-0.4, -0.2) is 22.8 Å². The minimum atomic E-state index is -0.534. The van der Waals surface area contributed by atoms with Crippen LogP contribution in [0.1, 0.15) is 100 Å². The summed E-state index contributed by atoms with van der Waals surface area (Å²) in [6.07, 6.45) is 5.85. The van der Waals surface area contributed by atoms with Crippen LogP contribution >= 0.6 is 0 Å². The number of carbonyl (C=O) groups is 1. The van der Waals surface area contributed by atoms with Crippen molar-refractivity contribution in [3.05, 3.63) is 0 Å². The van der Waals surface area contributed by atoms with E-state index < -0.39 is 11.0 Å². The van der Waals surface area contributed by atoms with Crippen molar-refractivity contribution in [1.29, 1.82) is 0 Å². The van der Waals surface area contributed by atoms with Gasteiger partial charge in [0.15, 0.2) is 0 Å². The van der Waals surface area contributed by atoms with E-state index in [1.807, 2.05) is 0 Å². The highest BCUT2D eigenvalue weighted by molar-refractivity contribution is 5.78. The van der Waals surface area contributed by atoms with E-state index in [1.54, 1.807) is 0 Å². The molecular formula is C23H42O3.